The highest BCUT2D eigenvalue weighted by Crippen LogP contribution is 2.13. The number of nitrogens with one attached hydrogen (secondary N) is 1. The normalized spacial score (nSPS) is 9.62. The van der Waals surface area contributed by atoms with Crippen molar-refractivity contribution in [3.63, 3.8) is 0 Å². The average Bonchev–Trinajstić information content (AvgIpc) is 2.15. The SMILES string of the molecule is CCCOC(=O)c1ccccc1[NH]. The quantitative estimate of drug-likeness (QED) is 0.666. The van der Waals surface area contributed by atoms with E-state index in [2.05, 4.69) is 0 Å². The van der Waals surface area contributed by atoms with Crippen molar-refractivity contribution in [2.24, 2.45) is 0 Å². The summed E-state index contributed by atoms with van der Waals surface area (Å²) in [6, 6.07) is 6.61. The van der Waals surface area contributed by atoms with Gasteiger partial charge < -0.3 is 10.5 Å². The van der Waals surface area contributed by atoms with Crippen LogP contribution in [0.5, 0.6) is 0 Å². The number of hydrogen-bond donors (Lipinski definition) is 0. The van der Waals surface area contributed by atoms with Gasteiger partial charge in [-0.05, 0) is 18.6 Å². The third-order valence-corrected chi connectivity index (χ3v) is 1.58. The van der Waals surface area contributed by atoms with Crippen LogP contribution in [0.15, 0.2) is 24.3 Å². The lowest BCUT2D eigenvalue weighted by Gasteiger charge is -2.04. The Balaban J connectivity index is 2.71. The molecule has 3 heteroatoms. The molecule has 0 amide bonds. The van der Waals surface area contributed by atoms with E-state index >= 15 is 0 Å². The first-order valence-corrected chi connectivity index (χ1v) is 4.23. The van der Waals surface area contributed by atoms with Gasteiger partial charge in [-0.2, -0.15) is 0 Å². The molecule has 1 rings (SSSR count). The van der Waals surface area contributed by atoms with Gasteiger partial charge in [-0.1, -0.05) is 19.1 Å². The fourth-order valence-electron chi connectivity index (χ4n) is 0.934. The van der Waals surface area contributed by atoms with Crippen LogP contribution in [-0.4, -0.2) is 12.6 Å². The lowest BCUT2D eigenvalue weighted by molar-refractivity contribution is 0.0506. The number of benzene rings is 1. The predicted molar refractivity (Wildman–Crippen MR) is 49.8 cm³/mol. The summed E-state index contributed by atoms with van der Waals surface area (Å²) >= 11 is 0. The minimum Gasteiger partial charge on any atom is -0.462 e. The number of rotatable bonds is 3. The maximum Gasteiger partial charge on any atom is 0.340 e. The van der Waals surface area contributed by atoms with Gasteiger partial charge in [0.05, 0.1) is 17.9 Å². The van der Waals surface area contributed by atoms with E-state index in [9.17, 15) is 4.79 Å². The molecular weight excluding hydrogens is 166 g/mol. The second-order valence-corrected chi connectivity index (χ2v) is 2.68. The first kappa shape index (κ1) is 9.58. The molecule has 0 bridgehead atoms. The van der Waals surface area contributed by atoms with Crippen molar-refractivity contribution < 1.29 is 9.53 Å². The molecule has 0 heterocycles. The van der Waals surface area contributed by atoms with Gasteiger partial charge in [-0.3, -0.25) is 0 Å². The standard InChI is InChI=1S/C10H12NO2/c1-2-7-13-10(12)8-5-3-4-6-9(8)11/h3-6,11H,2,7H2,1H3. The van der Waals surface area contributed by atoms with Gasteiger partial charge in [0, 0.05) is 0 Å². The largest absolute Gasteiger partial charge is 0.462 e. The number of esters is 1. The first-order valence-electron chi connectivity index (χ1n) is 4.23. The maximum atomic E-state index is 11.3. The number of carbonyl (C=O) groups excluding carboxylic acids is 1. The molecule has 1 radical (unpaired) electrons. The van der Waals surface area contributed by atoms with Crippen LogP contribution >= 0.6 is 0 Å². The Bertz CT molecular complexity index is 297. The fourth-order valence-corrected chi connectivity index (χ4v) is 0.934. The number of hydrogen-bond acceptors (Lipinski definition) is 2. The highest BCUT2D eigenvalue weighted by Gasteiger charge is 2.09. The summed E-state index contributed by atoms with van der Waals surface area (Å²) in [5.41, 5.74) is 7.98. The summed E-state index contributed by atoms with van der Waals surface area (Å²) < 4.78 is 4.90. The van der Waals surface area contributed by atoms with Crippen molar-refractivity contribution in [1.29, 1.82) is 0 Å². The lowest BCUT2D eigenvalue weighted by atomic mass is 10.2. The summed E-state index contributed by atoms with van der Waals surface area (Å²) in [5, 5.41) is 0. The van der Waals surface area contributed by atoms with Crippen molar-refractivity contribution in [3.8, 4) is 0 Å². The predicted octanol–water partition coefficient (Wildman–Crippen LogP) is 2.17. The van der Waals surface area contributed by atoms with Crippen LogP contribution in [0.1, 0.15) is 23.7 Å². The molecule has 0 saturated carbocycles. The average molecular weight is 178 g/mol. The van der Waals surface area contributed by atoms with E-state index in [0.29, 0.717) is 12.2 Å². The van der Waals surface area contributed by atoms with Crippen LogP contribution in [0.3, 0.4) is 0 Å². The molecule has 0 aliphatic heterocycles. The van der Waals surface area contributed by atoms with Crippen LogP contribution in [-0.2, 0) is 4.74 Å². The fraction of sp³-hybridized carbons (Fsp3) is 0.300. The van der Waals surface area contributed by atoms with Gasteiger partial charge >= 0.3 is 5.97 Å². The molecule has 1 N–H and O–H groups in total. The highest BCUT2D eigenvalue weighted by atomic mass is 16.5. The molecule has 69 valence electrons. The third kappa shape index (κ3) is 2.47. The zero-order valence-corrected chi connectivity index (χ0v) is 7.54. The molecule has 0 saturated heterocycles. The van der Waals surface area contributed by atoms with Crippen LogP contribution in [0.2, 0.25) is 0 Å². The van der Waals surface area contributed by atoms with Crippen molar-refractivity contribution in [3.05, 3.63) is 29.8 Å². The second kappa shape index (κ2) is 4.50. The van der Waals surface area contributed by atoms with E-state index in [4.69, 9.17) is 10.5 Å². The summed E-state index contributed by atoms with van der Waals surface area (Å²) in [6.07, 6.45) is 0.798. The topological polar surface area (TPSA) is 50.1 Å². The van der Waals surface area contributed by atoms with E-state index in [1.54, 1.807) is 24.3 Å². The smallest absolute Gasteiger partial charge is 0.340 e. The molecule has 0 unspecified atom stereocenters. The summed E-state index contributed by atoms with van der Waals surface area (Å²) in [4.78, 5) is 11.3. The molecule has 0 atom stereocenters. The summed E-state index contributed by atoms with van der Waals surface area (Å²) in [6.45, 7) is 2.34. The third-order valence-electron chi connectivity index (χ3n) is 1.58. The first-order chi connectivity index (χ1) is 6.25. The van der Waals surface area contributed by atoms with Crippen molar-refractivity contribution in [2.45, 2.75) is 13.3 Å². The Morgan fingerprint density at radius 1 is 1.46 bits per heavy atom. The van der Waals surface area contributed by atoms with E-state index in [0.717, 1.165) is 6.42 Å². The summed E-state index contributed by atoms with van der Waals surface area (Å²) in [7, 11) is 0. The number of carbonyl (C=O) groups is 1. The van der Waals surface area contributed by atoms with Gasteiger partial charge in [-0.15, -0.1) is 0 Å². The Kier molecular flexibility index (Phi) is 3.31. The molecule has 1 aromatic carbocycles. The number of ether oxygens (including phenoxy) is 1. The Labute approximate surface area is 77.5 Å². The maximum absolute atomic E-state index is 11.3. The van der Waals surface area contributed by atoms with Crippen LogP contribution in [0.25, 0.3) is 0 Å². The van der Waals surface area contributed by atoms with Crippen LogP contribution in [0, 0.1) is 0 Å². The van der Waals surface area contributed by atoms with E-state index in [1.807, 2.05) is 6.92 Å². The molecule has 3 nitrogen and oxygen atoms in total. The van der Waals surface area contributed by atoms with E-state index in [-0.39, 0.29) is 5.69 Å². The second-order valence-electron chi connectivity index (χ2n) is 2.68. The Morgan fingerprint density at radius 2 is 2.15 bits per heavy atom. The molecular formula is C10H12NO2. The molecule has 0 aliphatic rings. The molecule has 0 aliphatic carbocycles. The van der Waals surface area contributed by atoms with E-state index in [1.165, 1.54) is 0 Å². The lowest BCUT2D eigenvalue weighted by Crippen LogP contribution is -2.06. The minimum absolute atomic E-state index is 0.212. The molecule has 1 aromatic rings. The van der Waals surface area contributed by atoms with E-state index < -0.39 is 5.97 Å². The van der Waals surface area contributed by atoms with Gasteiger partial charge in [-0.25, -0.2) is 4.79 Å². The molecule has 0 aromatic heterocycles. The molecule has 13 heavy (non-hydrogen) atoms. The monoisotopic (exact) mass is 178 g/mol. The van der Waals surface area contributed by atoms with Crippen molar-refractivity contribution in [2.75, 3.05) is 6.61 Å². The van der Waals surface area contributed by atoms with Gasteiger partial charge in [0.25, 0.3) is 0 Å². The Hall–Kier alpha value is -1.51. The van der Waals surface area contributed by atoms with Crippen LogP contribution < -0.4 is 5.73 Å². The molecule has 0 fully saturated rings. The van der Waals surface area contributed by atoms with Gasteiger partial charge in [0.15, 0.2) is 0 Å². The highest BCUT2D eigenvalue weighted by molar-refractivity contribution is 5.94. The Morgan fingerprint density at radius 3 is 2.77 bits per heavy atom. The zero-order valence-electron chi connectivity index (χ0n) is 7.54. The van der Waals surface area contributed by atoms with Crippen LogP contribution in [0.4, 0.5) is 5.69 Å². The minimum atomic E-state index is -0.410. The zero-order chi connectivity index (χ0) is 9.68. The molecule has 0 spiro atoms. The van der Waals surface area contributed by atoms with Gasteiger partial charge in [0.2, 0.25) is 0 Å². The van der Waals surface area contributed by atoms with Gasteiger partial charge in [0.1, 0.15) is 0 Å². The summed E-state index contributed by atoms with van der Waals surface area (Å²) in [5.74, 6) is -0.410. The van der Waals surface area contributed by atoms with Crippen molar-refractivity contribution in [1.82, 2.24) is 5.73 Å². The van der Waals surface area contributed by atoms with Crippen molar-refractivity contribution >= 4 is 11.7 Å².